The minimum absolute atomic E-state index is 0.137. The summed E-state index contributed by atoms with van der Waals surface area (Å²) in [4.78, 5) is 35.0. The molecule has 8 nitrogen and oxygen atoms in total. The average molecular weight is 403 g/mol. The molecular formula is C20H22FN3O5. The fourth-order valence-corrected chi connectivity index (χ4v) is 3.31. The molecular weight excluding hydrogens is 381 g/mol. The summed E-state index contributed by atoms with van der Waals surface area (Å²) in [5.74, 6) is -2.74. The highest BCUT2D eigenvalue weighted by atomic mass is 19.1. The molecule has 1 aromatic heterocycles. The van der Waals surface area contributed by atoms with Gasteiger partial charge in [0.25, 0.3) is 0 Å². The van der Waals surface area contributed by atoms with Crippen molar-refractivity contribution in [3.05, 3.63) is 52.6 Å². The number of hydrogen-bond acceptors (Lipinski definition) is 5. The van der Waals surface area contributed by atoms with Crippen molar-refractivity contribution < 1.29 is 24.2 Å². The van der Waals surface area contributed by atoms with E-state index in [1.54, 1.807) is 6.07 Å². The van der Waals surface area contributed by atoms with Gasteiger partial charge < -0.3 is 25.0 Å². The Hall–Kier alpha value is -3.20. The average Bonchev–Trinajstić information content (AvgIpc) is 3.54. The molecule has 0 spiro atoms. The Kier molecular flexibility index (Phi) is 5.97. The van der Waals surface area contributed by atoms with Gasteiger partial charge in [0.15, 0.2) is 0 Å². The number of nitrogens with one attached hydrogen (secondary N) is 1. The number of carboxylic acid groups (broad SMARTS) is 2. The number of rotatable bonds is 4. The molecule has 29 heavy (non-hydrogen) atoms. The summed E-state index contributed by atoms with van der Waals surface area (Å²) in [6.07, 6.45) is 4.12. The van der Waals surface area contributed by atoms with Crippen LogP contribution in [-0.4, -0.2) is 52.9 Å². The topological polar surface area (TPSA) is 112 Å². The van der Waals surface area contributed by atoms with E-state index in [-0.39, 0.29) is 17.0 Å². The Bertz CT molecular complexity index is 1020. The third-order valence-corrected chi connectivity index (χ3v) is 4.90. The second-order valence-corrected chi connectivity index (χ2v) is 6.92. The molecule has 1 aliphatic heterocycles. The van der Waals surface area contributed by atoms with E-state index in [1.165, 1.54) is 12.3 Å². The first kappa shape index (κ1) is 20.5. The monoisotopic (exact) mass is 403 g/mol. The minimum Gasteiger partial charge on any atom is -0.478 e. The third-order valence-electron chi connectivity index (χ3n) is 4.90. The standard InChI is InChI=1S/C17H18FN3O3.C3H4O2/c18-13-7-11-14(8-15(13)20-5-3-19-4-6-20)21(10-1-2-10)9-12(16(11)22)17(23)24;1-2-3(4)5/h7-10,19H,1-6H2,(H,23,24);2H,1H2,(H,4,5). The van der Waals surface area contributed by atoms with Crippen LogP contribution in [0.25, 0.3) is 10.9 Å². The molecule has 1 saturated heterocycles. The van der Waals surface area contributed by atoms with Crippen LogP contribution in [0.5, 0.6) is 0 Å². The molecule has 1 aliphatic carbocycles. The smallest absolute Gasteiger partial charge is 0.341 e. The van der Waals surface area contributed by atoms with E-state index in [0.717, 1.165) is 32.0 Å². The number of fused-ring (bicyclic) bond motifs is 1. The van der Waals surface area contributed by atoms with E-state index in [1.807, 2.05) is 9.47 Å². The number of hydrogen-bond donors (Lipinski definition) is 3. The van der Waals surface area contributed by atoms with Gasteiger partial charge in [-0.05, 0) is 25.0 Å². The lowest BCUT2D eigenvalue weighted by Gasteiger charge is -2.30. The minimum atomic E-state index is -1.28. The molecule has 2 aliphatic rings. The Morgan fingerprint density at radius 1 is 1.21 bits per heavy atom. The van der Waals surface area contributed by atoms with Crippen molar-refractivity contribution in [1.29, 1.82) is 0 Å². The van der Waals surface area contributed by atoms with Crippen LogP contribution >= 0.6 is 0 Å². The maximum absolute atomic E-state index is 14.6. The molecule has 2 heterocycles. The zero-order valence-corrected chi connectivity index (χ0v) is 15.7. The van der Waals surface area contributed by atoms with Crippen molar-refractivity contribution in [1.82, 2.24) is 9.88 Å². The van der Waals surface area contributed by atoms with Gasteiger partial charge in [0.2, 0.25) is 5.43 Å². The zero-order valence-electron chi connectivity index (χ0n) is 15.7. The maximum Gasteiger partial charge on any atom is 0.341 e. The molecule has 2 fully saturated rings. The van der Waals surface area contributed by atoms with Crippen molar-refractivity contribution in [3.8, 4) is 0 Å². The van der Waals surface area contributed by atoms with Gasteiger partial charge in [-0.25, -0.2) is 14.0 Å². The maximum atomic E-state index is 14.6. The Morgan fingerprint density at radius 3 is 2.34 bits per heavy atom. The van der Waals surface area contributed by atoms with Gasteiger partial charge in [-0.15, -0.1) is 0 Å². The molecule has 154 valence electrons. The van der Waals surface area contributed by atoms with E-state index >= 15 is 0 Å². The molecule has 0 atom stereocenters. The van der Waals surface area contributed by atoms with Crippen molar-refractivity contribution in [2.45, 2.75) is 18.9 Å². The number of benzene rings is 1. The number of carboxylic acids is 2. The number of pyridine rings is 1. The SMILES string of the molecule is C=CC(=O)O.O=C(O)c1cn(C2CC2)c2cc(N3CCNCC3)c(F)cc2c1=O. The number of piperazine rings is 1. The van der Waals surface area contributed by atoms with Gasteiger partial charge in [-0.3, -0.25) is 4.79 Å². The van der Waals surface area contributed by atoms with Gasteiger partial charge in [0, 0.05) is 49.9 Å². The highest BCUT2D eigenvalue weighted by molar-refractivity contribution is 5.93. The summed E-state index contributed by atoms with van der Waals surface area (Å²) in [7, 11) is 0. The van der Waals surface area contributed by atoms with Gasteiger partial charge >= 0.3 is 11.9 Å². The second-order valence-electron chi connectivity index (χ2n) is 6.92. The van der Waals surface area contributed by atoms with Gasteiger partial charge in [0.05, 0.1) is 11.2 Å². The lowest BCUT2D eigenvalue weighted by Crippen LogP contribution is -2.43. The Balaban J connectivity index is 0.000000431. The van der Waals surface area contributed by atoms with Crippen molar-refractivity contribution in [3.63, 3.8) is 0 Å². The Labute approximate surface area is 165 Å². The molecule has 4 rings (SSSR count). The first-order valence-electron chi connectivity index (χ1n) is 9.26. The van der Waals surface area contributed by atoms with E-state index in [4.69, 9.17) is 5.11 Å². The third kappa shape index (κ3) is 4.45. The fourth-order valence-electron chi connectivity index (χ4n) is 3.31. The molecule has 9 heteroatoms. The molecule has 0 radical (unpaired) electrons. The summed E-state index contributed by atoms with van der Waals surface area (Å²) in [5, 5.41) is 20.2. The van der Waals surface area contributed by atoms with Gasteiger partial charge in [-0.1, -0.05) is 6.58 Å². The lowest BCUT2D eigenvalue weighted by atomic mass is 10.1. The van der Waals surface area contributed by atoms with Crippen LogP contribution in [0.15, 0.2) is 35.8 Å². The summed E-state index contributed by atoms with van der Waals surface area (Å²) in [6, 6.07) is 3.08. The van der Waals surface area contributed by atoms with Crippen LogP contribution in [0.3, 0.4) is 0 Å². The van der Waals surface area contributed by atoms with Gasteiger partial charge in [-0.2, -0.15) is 0 Å². The largest absolute Gasteiger partial charge is 0.478 e. The second kappa shape index (κ2) is 8.44. The van der Waals surface area contributed by atoms with Crippen LogP contribution in [0.2, 0.25) is 0 Å². The molecule has 0 bridgehead atoms. The summed E-state index contributed by atoms with van der Waals surface area (Å²) >= 11 is 0. The van der Waals surface area contributed by atoms with Crippen molar-refractivity contribution >= 4 is 28.5 Å². The number of nitrogens with zero attached hydrogens (tertiary/aromatic N) is 2. The highest BCUT2D eigenvalue weighted by Crippen LogP contribution is 2.38. The van der Waals surface area contributed by atoms with Crippen LogP contribution in [0, 0.1) is 5.82 Å². The number of carbonyl (C=O) groups is 2. The lowest BCUT2D eigenvalue weighted by molar-refractivity contribution is -0.131. The predicted octanol–water partition coefficient (Wildman–Crippen LogP) is 1.84. The molecule has 1 aromatic carbocycles. The number of aromatic carboxylic acids is 1. The predicted molar refractivity (Wildman–Crippen MR) is 106 cm³/mol. The first-order valence-corrected chi connectivity index (χ1v) is 9.26. The molecule has 2 aromatic rings. The summed E-state index contributed by atoms with van der Waals surface area (Å²) < 4.78 is 16.4. The van der Waals surface area contributed by atoms with Crippen LogP contribution in [0.1, 0.15) is 29.2 Å². The van der Waals surface area contributed by atoms with E-state index in [2.05, 4.69) is 11.9 Å². The molecule has 0 amide bonds. The first-order chi connectivity index (χ1) is 13.8. The normalized spacial score (nSPS) is 16.1. The zero-order chi connectivity index (χ0) is 21.1. The number of aromatic nitrogens is 1. The van der Waals surface area contributed by atoms with Gasteiger partial charge in [0.1, 0.15) is 11.4 Å². The highest BCUT2D eigenvalue weighted by Gasteiger charge is 2.28. The molecule has 3 N–H and O–H groups in total. The Morgan fingerprint density at radius 2 is 1.83 bits per heavy atom. The summed E-state index contributed by atoms with van der Waals surface area (Å²) in [6.45, 7) is 5.92. The van der Waals surface area contributed by atoms with Crippen LogP contribution in [-0.2, 0) is 4.79 Å². The van der Waals surface area contributed by atoms with Crippen LogP contribution < -0.4 is 15.6 Å². The molecule has 0 unspecified atom stereocenters. The summed E-state index contributed by atoms with van der Waals surface area (Å²) in [5.41, 5.74) is 0.159. The fraction of sp³-hybridized carbons (Fsp3) is 0.350. The van der Waals surface area contributed by atoms with Crippen molar-refractivity contribution in [2.75, 3.05) is 31.1 Å². The van der Waals surface area contributed by atoms with E-state index < -0.39 is 23.2 Å². The quantitative estimate of drug-likeness (QED) is 0.668. The van der Waals surface area contributed by atoms with Crippen molar-refractivity contribution in [2.24, 2.45) is 0 Å². The van der Waals surface area contributed by atoms with E-state index in [9.17, 15) is 23.9 Å². The number of halogens is 1. The van der Waals surface area contributed by atoms with E-state index in [0.29, 0.717) is 24.3 Å². The van der Waals surface area contributed by atoms with Crippen LogP contribution in [0.4, 0.5) is 10.1 Å². The number of aliphatic carboxylic acids is 1. The molecule has 1 saturated carbocycles. The number of anilines is 1.